The maximum Gasteiger partial charge on any atom is 0.230 e. The number of anilines is 1. The van der Waals surface area contributed by atoms with Crippen LogP contribution in [0.15, 0.2) is 41.6 Å². The number of benzene rings is 1. The van der Waals surface area contributed by atoms with Crippen LogP contribution >= 0.6 is 23.4 Å². The van der Waals surface area contributed by atoms with Gasteiger partial charge in [0.15, 0.2) is 5.16 Å². The molecular weight excluding hydrogens is 356 g/mol. The van der Waals surface area contributed by atoms with E-state index in [0.29, 0.717) is 16.9 Å². The average Bonchev–Trinajstić information content (AvgIpc) is 2.62. The Balaban J connectivity index is 1.82. The molecule has 0 bridgehead atoms. The highest BCUT2D eigenvalue weighted by Gasteiger charge is 2.10. The summed E-state index contributed by atoms with van der Waals surface area (Å²) in [5.74, 6) is 1.03. The minimum Gasteiger partial charge on any atom is -0.357 e. The number of halogens is 1. The molecule has 1 aromatic carbocycles. The summed E-state index contributed by atoms with van der Waals surface area (Å²) in [5.41, 5.74) is 1.21. The molecule has 0 aliphatic rings. The predicted octanol–water partition coefficient (Wildman–Crippen LogP) is 3.43. The Morgan fingerprint density at radius 3 is 2.60 bits per heavy atom. The van der Waals surface area contributed by atoms with E-state index in [2.05, 4.69) is 46.2 Å². The van der Waals surface area contributed by atoms with Crippen molar-refractivity contribution in [1.29, 1.82) is 0 Å². The molecule has 0 aliphatic carbocycles. The molecule has 7 heteroatoms. The lowest BCUT2D eigenvalue weighted by Crippen LogP contribution is -2.27. The van der Waals surface area contributed by atoms with Gasteiger partial charge in [0.05, 0.1) is 5.75 Å². The summed E-state index contributed by atoms with van der Waals surface area (Å²) in [7, 11) is 0. The zero-order valence-corrected chi connectivity index (χ0v) is 16.1. The van der Waals surface area contributed by atoms with Crippen LogP contribution in [-0.2, 0) is 11.2 Å². The van der Waals surface area contributed by atoms with Crippen molar-refractivity contribution in [2.45, 2.75) is 25.4 Å². The fourth-order valence-corrected chi connectivity index (χ4v) is 3.24. The summed E-state index contributed by atoms with van der Waals surface area (Å²) in [6.07, 6.45) is 0.816. The van der Waals surface area contributed by atoms with E-state index in [-0.39, 0.29) is 11.7 Å². The molecule has 0 unspecified atom stereocenters. The molecule has 0 radical (unpaired) electrons. The van der Waals surface area contributed by atoms with Crippen LogP contribution in [0.2, 0.25) is 5.15 Å². The maximum atomic E-state index is 12.0. The zero-order valence-electron chi connectivity index (χ0n) is 14.5. The molecule has 1 N–H and O–H groups in total. The number of rotatable bonds is 9. The van der Waals surface area contributed by atoms with Crippen LogP contribution in [0, 0.1) is 0 Å². The molecule has 5 nitrogen and oxygen atoms in total. The Morgan fingerprint density at radius 2 is 1.92 bits per heavy atom. The quantitative estimate of drug-likeness (QED) is 0.411. The lowest BCUT2D eigenvalue weighted by Gasteiger charge is -2.20. The van der Waals surface area contributed by atoms with Crippen molar-refractivity contribution in [3.05, 3.63) is 47.1 Å². The van der Waals surface area contributed by atoms with E-state index in [1.165, 1.54) is 17.3 Å². The van der Waals surface area contributed by atoms with Gasteiger partial charge in [-0.1, -0.05) is 53.7 Å². The number of hydrogen-bond acceptors (Lipinski definition) is 5. The number of nitrogens with one attached hydrogen (secondary N) is 1. The molecule has 0 saturated carbocycles. The number of amides is 1. The van der Waals surface area contributed by atoms with Crippen LogP contribution in [-0.4, -0.2) is 41.3 Å². The van der Waals surface area contributed by atoms with E-state index >= 15 is 0 Å². The SMILES string of the molecule is CCN(CC)c1cc(Cl)nc(SCC(=O)NCCc2ccccc2)n1. The van der Waals surface area contributed by atoms with Gasteiger partial charge in [-0.15, -0.1) is 0 Å². The molecule has 1 aromatic heterocycles. The van der Waals surface area contributed by atoms with Gasteiger partial charge in [-0.05, 0) is 25.8 Å². The molecule has 1 heterocycles. The van der Waals surface area contributed by atoms with E-state index in [9.17, 15) is 4.79 Å². The van der Waals surface area contributed by atoms with E-state index in [0.717, 1.165) is 25.3 Å². The van der Waals surface area contributed by atoms with Gasteiger partial charge < -0.3 is 10.2 Å². The molecule has 1 amide bonds. The van der Waals surface area contributed by atoms with Crippen LogP contribution in [0.5, 0.6) is 0 Å². The topological polar surface area (TPSA) is 58.1 Å². The van der Waals surface area contributed by atoms with Crippen LogP contribution in [0.3, 0.4) is 0 Å². The zero-order chi connectivity index (χ0) is 18.1. The average molecular weight is 379 g/mol. The number of carbonyl (C=O) groups excluding carboxylic acids is 1. The summed E-state index contributed by atoms with van der Waals surface area (Å²) in [6.45, 7) is 6.42. The van der Waals surface area contributed by atoms with Crippen LogP contribution in [0.25, 0.3) is 0 Å². The summed E-state index contributed by atoms with van der Waals surface area (Å²) in [5, 5.41) is 3.83. The Bertz CT molecular complexity index is 680. The van der Waals surface area contributed by atoms with Crippen LogP contribution in [0.4, 0.5) is 5.82 Å². The van der Waals surface area contributed by atoms with Crippen molar-refractivity contribution in [3.63, 3.8) is 0 Å². The number of hydrogen-bond donors (Lipinski definition) is 1. The fraction of sp³-hybridized carbons (Fsp3) is 0.389. The molecule has 0 aliphatic heterocycles. The largest absolute Gasteiger partial charge is 0.357 e. The van der Waals surface area contributed by atoms with Crippen molar-refractivity contribution >= 4 is 35.1 Å². The highest BCUT2D eigenvalue weighted by atomic mass is 35.5. The predicted molar refractivity (Wildman–Crippen MR) is 104 cm³/mol. The van der Waals surface area contributed by atoms with Crippen molar-refractivity contribution in [2.75, 3.05) is 30.3 Å². The van der Waals surface area contributed by atoms with Gasteiger partial charge in [0.25, 0.3) is 0 Å². The number of thioether (sulfide) groups is 1. The molecular formula is C18H23ClN4OS. The van der Waals surface area contributed by atoms with Gasteiger partial charge in [-0.25, -0.2) is 9.97 Å². The van der Waals surface area contributed by atoms with Crippen LogP contribution < -0.4 is 10.2 Å². The van der Waals surface area contributed by atoms with Gasteiger partial charge in [0.1, 0.15) is 11.0 Å². The Hall–Kier alpha value is -1.79. The first-order valence-electron chi connectivity index (χ1n) is 8.35. The number of carbonyl (C=O) groups is 1. The second kappa shape index (κ2) is 10.3. The molecule has 134 valence electrons. The van der Waals surface area contributed by atoms with Gasteiger partial charge in [0, 0.05) is 25.7 Å². The second-order valence-electron chi connectivity index (χ2n) is 5.38. The van der Waals surface area contributed by atoms with Crippen molar-refractivity contribution < 1.29 is 4.79 Å². The summed E-state index contributed by atoms with van der Waals surface area (Å²) in [4.78, 5) is 22.8. The molecule has 0 spiro atoms. The first-order chi connectivity index (χ1) is 12.1. The highest BCUT2D eigenvalue weighted by Crippen LogP contribution is 2.21. The van der Waals surface area contributed by atoms with E-state index < -0.39 is 0 Å². The Morgan fingerprint density at radius 1 is 1.20 bits per heavy atom. The molecule has 2 aromatic rings. The molecule has 0 saturated heterocycles. The standard InChI is InChI=1S/C18H23ClN4OS/c1-3-23(4-2)16-12-15(19)21-18(22-16)25-13-17(24)20-11-10-14-8-6-5-7-9-14/h5-9,12H,3-4,10-11,13H2,1-2H3,(H,20,24). The minimum atomic E-state index is -0.0334. The second-order valence-corrected chi connectivity index (χ2v) is 6.71. The van der Waals surface area contributed by atoms with Crippen molar-refractivity contribution in [2.24, 2.45) is 0 Å². The number of nitrogens with zero attached hydrogens (tertiary/aromatic N) is 3. The summed E-state index contributed by atoms with van der Waals surface area (Å²) >= 11 is 7.38. The molecule has 0 fully saturated rings. The fourth-order valence-electron chi connectivity index (χ4n) is 2.33. The minimum absolute atomic E-state index is 0.0334. The Kier molecular flexibility index (Phi) is 8.01. The van der Waals surface area contributed by atoms with Crippen molar-refractivity contribution in [3.8, 4) is 0 Å². The van der Waals surface area contributed by atoms with E-state index in [1.54, 1.807) is 6.07 Å². The highest BCUT2D eigenvalue weighted by molar-refractivity contribution is 7.99. The van der Waals surface area contributed by atoms with Gasteiger partial charge in [0.2, 0.25) is 5.91 Å². The third kappa shape index (κ3) is 6.55. The van der Waals surface area contributed by atoms with E-state index in [1.807, 2.05) is 18.2 Å². The smallest absolute Gasteiger partial charge is 0.230 e. The first kappa shape index (κ1) is 19.5. The van der Waals surface area contributed by atoms with Crippen LogP contribution in [0.1, 0.15) is 19.4 Å². The monoisotopic (exact) mass is 378 g/mol. The first-order valence-corrected chi connectivity index (χ1v) is 9.71. The molecule has 0 atom stereocenters. The van der Waals surface area contributed by atoms with Gasteiger partial charge >= 0.3 is 0 Å². The van der Waals surface area contributed by atoms with E-state index in [4.69, 9.17) is 11.6 Å². The maximum absolute atomic E-state index is 12.0. The Labute approximate surface area is 158 Å². The lowest BCUT2D eigenvalue weighted by atomic mass is 10.1. The van der Waals surface area contributed by atoms with Crippen molar-refractivity contribution in [1.82, 2.24) is 15.3 Å². The number of aromatic nitrogens is 2. The van der Waals surface area contributed by atoms with Gasteiger partial charge in [-0.2, -0.15) is 0 Å². The molecule has 2 rings (SSSR count). The summed E-state index contributed by atoms with van der Waals surface area (Å²) in [6, 6.07) is 11.8. The lowest BCUT2D eigenvalue weighted by molar-refractivity contribution is -0.118. The third-order valence-electron chi connectivity index (χ3n) is 3.66. The third-order valence-corrected chi connectivity index (χ3v) is 4.70. The molecule has 25 heavy (non-hydrogen) atoms. The summed E-state index contributed by atoms with van der Waals surface area (Å²) < 4.78 is 0. The normalized spacial score (nSPS) is 10.5. The van der Waals surface area contributed by atoms with Gasteiger partial charge in [-0.3, -0.25) is 4.79 Å².